The summed E-state index contributed by atoms with van der Waals surface area (Å²) in [6, 6.07) is 36.3. The SMILES string of the molecule is Oc1ccccc1P1C([NH2+]c2ccccc2)P(c2ccccc2O)C1[NH2+]c1ccccc1.[Cl-].[Cl-]. The lowest BCUT2D eigenvalue weighted by atomic mass is 10.3. The number of rotatable bonds is 6. The van der Waals surface area contributed by atoms with Crippen molar-refractivity contribution in [1.29, 1.82) is 0 Å². The Balaban J connectivity index is 0.00000162. The zero-order valence-electron chi connectivity index (χ0n) is 18.2. The summed E-state index contributed by atoms with van der Waals surface area (Å²) < 4.78 is 0. The van der Waals surface area contributed by atoms with Crippen molar-refractivity contribution in [2.45, 2.75) is 11.0 Å². The fraction of sp³-hybridized carbons (Fsp3) is 0.0769. The number of aromatic hydroxyl groups is 2. The smallest absolute Gasteiger partial charge is 0.146 e. The first kappa shape index (κ1) is 26.4. The highest BCUT2D eigenvalue weighted by atomic mass is 35.5. The number of hydrogen-bond acceptors (Lipinski definition) is 2. The lowest BCUT2D eigenvalue weighted by Gasteiger charge is -2.47. The van der Waals surface area contributed by atoms with E-state index in [1.165, 1.54) is 11.4 Å². The Labute approximate surface area is 214 Å². The zero-order valence-corrected chi connectivity index (χ0v) is 21.5. The summed E-state index contributed by atoms with van der Waals surface area (Å²) in [7, 11) is -1.41. The fourth-order valence-electron chi connectivity index (χ4n) is 4.24. The number of halogens is 2. The van der Waals surface area contributed by atoms with Crippen molar-refractivity contribution in [2.75, 3.05) is 0 Å². The van der Waals surface area contributed by atoms with Gasteiger partial charge in [-0.1, -0.05) is 72.8 Å². The lowest BCUT2D eigenvalue weighted by Crippen LogP contribution is -3.00. The van der Waals surface area contributed by atoms with Crippen LogP contribution in [0.5, 0.6) is 11.5 Å². The molecule has 1 heterocycles. The van der Waals surface area contributed by atoms with Crippen LogP contribution >= 0.6 is 15.8 Å². The molecule has 8 heteroatoms. The van der Waals surface area contributed by atoms with Crippen LogP contribution in [0.15, 0.2) is 109 Å². The van der Waals surface area contributed by atoms with Gasteiger partial charge in [0.25, 0.3) is 0 Å². The number of phenols is 2. The molecular weight excluding hydrogens is 505 g/mol. The van der Waals surface area contributed by atoms with Gasteiger partial charge in [-0.25, -0.2) is 0 Å². The van der Waals surface area contributed by atoms with Gasteiger partial charge in [-0.15, -0.1) is 0 Å². The molecular formula is C26H26Cl2N2O2P2. The molecule has 4 aromatic carbocycles. The molecule has 6 N–H and O–H groups in total. The van der Waals surface area contributed by atoms with Crippen molar-refractivity contribution >= 4 is 37.8 Å². The first-order valence-electron chi connectivity index (χ1n) is 10.6. The maximum absolute atomic E-state index is 10.8. The van der Waals surface area contributed by atoms with Gasteiger partial charge in [0.05, 0.1) is 15.8 Å². The van der Waals surface area contributed by atoms with Crippen LogP contribution in [0, 0.1) is 0 Å². The average Bonchev–Trinajstić information content (AvgIpc) is 2.82. The van der Waals surface area contributed by atoms with Crippen LogP contribution in [0.2, 0.25) is 0 Å². The van der Waals surface area contributed by atoms with Gasteiger partial charge in [0.15, 0.2) is 0 Å². The fourth-order valence-corrected chi connectivity index (χ4v) is 12.9. The van der Waals surface area contributed by atoms with E-state index in [0.29, 0.717) is 11.5 Å². The quantitative estimate of drug-likeness (QED) is 0.163. The zero-order chi connectivity index (χ0) is 21.9. The summed E-state index contributed by atoms with van der Waals surface area (Å²) in [5.74, 6) is 0.729. The first-order valence-corrected chi connectivity index (χ1v) is 13.6. The minimum absolute atomic E-state index is 0. The minimum Gasteiger partial charge on any atom is -1.00 e. The van der Waals surface area contributed by atoms with Crippen molar-refractivity contribution < 1.29 is 45.7 Å². The number of benzene rings is 4. The van der Waals surface area contributed by atoms with E-state index >= 15 is 0 Å². The molecule has 0 unspecified atom stereocenters. The Morgan fingerprint density at radius 1 is 0.471 bits per heavy atom. The molecule has 34 heavy (non-hydrogen) atoms. The molecule has 0 saturated carbocycles. The highest BCUT2D eigenvalue weighted by molar-refractivity contribution is 7.98. The van der Waals surface area contributed by atoms with Gasteiger partial charge < -0.3 is 45.7 Å². The van der Waals surface area contributed by atoms with Crippen LogP contribution in [0.25, 0.3) is 0 Å². The van der Waals surface area contributed by atoms with Gasteiger partial charge in [0, 0.05) is 10.6 Å². The van der Waals surface area contributed by atoms with Gasteiger partial charge in [-0.3, -0.25) is 0 Å². The third-order valence-corrected chi connectivity index (χ3v) is 13.5. The Morgan fingerprint density at radius 3 is 1.15 bits per heavy atom. The second kappa shape index (κ2) is 12.0. The number of quaternary nitrogens is 2. The number of phenolic OH excluding ortho intramolecular Hbond substituents is 2. The highest BCUT2D eigenvalue weighted by Crippen LogP contribution is 2.74. The van der Waals surface area contributed by atoms with Crippen molar-refractivity contribution in [3.8, 4) is 11.5 Å². The Hall–Kier alpha value is -2.16. The second-order valence-electron chi connectivity index (χ2n) is 7.77. The molecule has 0 aromatic heterocycles. The van der Waals surface area contributed by atoms with Crippen LogP contribution in [0.1, 0.15) is 0 Å². The molecule has 0 atom stereocenters. The Kier molecular flexibility index (Phi) is 9.33. The summed E-state index contributed by atoms with van der Waals surface area (Å²) in [6.45, 7) is 0. The van der Waals surface area contributed by atoms with Gasteiger partial charge in [0.2, 0.25) is 0 Å². The van der Waals surface area contributed by atoms with E-state index in [2.05, 4.69) is 71.3 Å². The number of hydrogen-bond donors (Lipinski definition) is 4. The normalized spacial score (nSPS) is 20.9. The van der Waals surface area contributed by atoms with Crippen LogP contribution in [-0.2, 0) is 0 Å². The molecule has 1 aliphatic heterocycles. The van der Waals surface area contributed by atoms with Gasteiger partial charge in [-0.2, -0.15) is 0 Å². The third-order valence-electron chi connectivity index (χ3n) is 5.74. The largest absolute Gasteiger partial charge is 1.00 e. The molecule has 0 spiro atoms. The van der Waals surface area contributed by atoms with Crippen molar-refractivity contribution in [2.24, 2.45) is 0 Å². The van der Waals surface area contributed by atoms with Gasteiger partial charge >= 0.3 is 0 Å². The number of para-hydroxylation sites is 4. The molecule has 0 radical (unpaired) electrons. The predicted molar refractivity (Wildman–Crippen MR) is 133 cm³/mol. The molecule has 0 amide bonds. The molecule has 176 valence electrons. The molecule has 1 fully saturated rings. The number of nitrogens with two attached hydrogens (primary N) is 2. The van der Waals surface area contributed by atoms with E-state index in [-0.39, 0.29) is 35.9 Å². The topological polar surface area (TPSA) is 73.7 Å². The molecule has 5 rings (SSSR count). The Morgan fingerprint density at radius 2 is 0.794 bits per heavy atom. The van der Waals surface area contributed by atoms with E-state index in [1.54, 1.807) is 12.1 Å². The van der Waals surface area contributed by atoms with Crippen LogP contribution in [0.3, 0.4) is 0 Å². The van der Waals surface area contributed by atoms with Crippen LogP contribution < -0.4 is 46.1 Å². The first-order chi connectivity index (χ1) is 15.7. The molecule has 0 bridgehead atoms. The van der Waals surface area contributed by atoms with E-state index < -0.39 is 15.8 Å². The highest BCUT2D eigenvalue weighted by Gasteiger charge is 2.59. The standard InChI is InChI=1S/C26H24N2O2P2.2ClH/c29-21-15-7-9-17-23(21)31-25(27-19-11-3-1-4-12-19)32(24-18-10-8-16-22(24)30)26(31)28-20-13-5-2-6-14-20;;/h1-18,25-30H;2*1H. The van der Waals surface area contributed by atoms with Gasteiger partial charge in [0.1, 0.15) is 33.9 Å². The molecule has 0 aliphatic carbocycles. The predicted octanol–water partition coefficient (Wildman–Crippen LogP) is -2.61. The van der Waals surface area contributed by atoms with Crippen LogP contribution in [0.4, 0.5) is 11.4 Å². The average molecular weight is 531 g/mol. The second-order valence-corrected chi connectivity index (χ2v) is 13.4. The van der Waals surface area contributed by atoms with Crippen LogP contribution in [-0.4, -0.2) is 21.3 Å². The van der Waals surface area contributed by atoms with Gasteiger partial charge in [-0.05, 0) is 36.4 Å². The van der Waals surface area contributed by atoms with E-state index in [9.17, 15) is 10.2 Å². The van der Waals surface area contributed by atoms with E-state index in [0.717, 1.165) is 10.6 Å². The maximum Gasteiger partial charge on any atom is 0.146 e. The summed E-state index contributed by atoms with van der Waals surface area (Å²) >= 11 is 0. The summed E-state index contributed by atoms with van der Waals surface area (Å²) in [6.07, 6.45) is 0. The van der Waals surface area contributed by atoms with Crippen molar-refractivity contribution in [3.63, 3.8) is 0 Å². The lowest BCUT2D eigenvalue weighted by molar-refractivity contribution is -0.592. The monoisotopic (exact) mass is 530 g/mol. The maximum atomic E-state index is 10.8. The summed E-state index contributed by atoms with van der Waals surface area (Å²) in [5, 5.41) is 28.3. The van der Waals surface area contributed by atoms with Crippen molar-refractivity contribution in [3.05, 3.63) is 109 Å². The van der Waals surface area contributed by atoms with E-state index in [4.69, 9.17) is 0 Å². The Bertz CT molecular complexity index is 1100. The summed E-state index contributed by atoms with van der Waals surface area (Å²) in [5.41, 5.74) is 2.88. The molecule has 4 aromatic rings. The van der Waals surface area contributed by atoms with E-state index in [1.807, 2.05) is 36.4 Å². The minimum atomic E-state index is -0.707. The molecule has 1 aliphatic rings. The summed E-state index contributed by atoms with van der Waals surface area (Å²) in [4.78, 5) is 0. The molecule has 1 saturated heterocycles. The molecule has 4 nitrogen and oxygen atoms in total. The van der Waals surface area contributed by atoms with Crippen molar-refractivity contribution in [1.82, 2.24) is 0 Å². The third kappa shape index (κ3) is 5.39.